The van der Waals surface area contributed by atoms with Crippen molar-refractivity contribution in [1.29, 1.82) is 0 Å². The molecule has 0 aliphatic carbocycles. The van der Waals surface area contributed by atoms with Crippen molar-refractivity contribution in [3.63, 3.8) is 0 Å². The van der Waals surface area contributed by atoms with E-state index in [1.165, 1.54) is 14.0 Å². The minimum Gasteiger partial charge on any atom is -0.496 e. The highest BCUT2D eigenvalue weighted by molar-refractivity contribution is 6.02. The Morgan fingerprint density at radius 1 is 1.15 bits per heavy atom. The minimum absolute atomic E-state index is 0.0360. The predicted molar refractivity (Wildman–Crippen MR) is 75.6 cm³/mol. The van der Waals surface area contributed by atoms with E-state index in [1.807, 2.05) is 0 Å². The fourth-order valence-corrected chi connectivity index (χ4v) is 2.33. The van der Waals surface area contributed by atoms with Gasteiger partial charge < -0.3 is 20.3 Å². The number of carbonyl (C=O) groups excluding carboxylic acids is 2. The van der Waals surface area contributed by atoms with Crippen LogP contribution in [0.1, 0.15) is 17.3 Å². The van der Waals surface area contributed by atoms with E-state index < -0.39 is 0 Å². The molecule has 0 saturated carbocycles. The summed E-state index contributed by atoms with van der Waals surface area (Å²) in [6.45, 7) is 3.66. The van der Waals surface area contributed by atoms with Crippen molar-refractivity contribution in [2.45, 2.75) is 6.92 Å². The minimum atomic E-state index is -0.150. The van der Waals surface area contributed by atoms with Crippen LogP contribution in [0, 0.1) is 0 Å². The van der Waals surface area contributed by atoms with Gasteiger partial charge in [0.25, 0.3) is 5.91 Å². The largest absolute Gasteiger partial charge is 0.496 e. The van der Waals surface area contributed by atoms with Gasteiger partial charge in [-0.3, -0.25) is 9.59 Å². The van der Waals surface area contributed by atoms with E-state index in [-0.39, 0.29) is 11.8 Å². The fraction of sp³-hybridized carbons (Fsp3) is 0.429. The molecule has 1 fully saturated rings. The first-order valence-electron chi connectivity index (χ1n) is 6.52. The van der Waals surface area contributed by atoms with Crippen LogP contribution in [0.5, 0.6) is 5.75 Å². The lowest BCUT2D eigenvalue weighted by molar-refractivity contribution is -0.130. The van der Waals surface area contributed by atoms with Crippen molar-refractivity contribution < 1.29 is 14.3 Å². The topological polar surface area (TPSA) is 75.9 Å². The van der Waals surface area contributed by atoms with Crippen molar-refractivity contribution in [2.24, 2.45) is 0 Å². The Labute approximate surface area is 118 Å². The first kappa shape index (κ1) is 14.2. The van der Waals surface area contributed by atoms with Gasteiger partial charge in [0.2, 0.25) is 5.91 Å². The molecule has 1 aliphatic heterocycles. The van der Waals surface area contributed by atoms with Crippen LogP contribution < -0.4 is 10.5 Å². The number of nitrogens with two attached hydrogens (primary N) is 1. The van der Waals surface area contributed by atoms with Crippen LogP contribution in [0.25, 0.3) is 0 Å². The fourth-order valence-electron chi connectivity index (χ4n) is 2.33. The molecule has 1 aromatic rings. The van der Waals surface area contributed by atoms with Gasteiger partial charge in [-0.15, -0.1) is 0 Å². The number of carbonyl (C=O) groups is 2. The van der Waals surface area contributed by atoms with Crippen LogP contribution >= 0.6 is 0 Å². The van der Waals surface area contributed by atoms with E-state index in [1.54, 1.807) is 28.0 Å². The van der Waals surface area contributed by atoms with E-state index in [2.05, 4.69) is 0 Å². The molecule has 0 bridgehead atoms. The summed E-state index contributed by atoms with van der Waals surface area (Å²) >= 11 is 0. The average molecular weight is 277 g/mol. The van der Waals surface area contributed by atoms with Gasteiger partial charge in [0.1, 0.15) is 11.3 Å². The van der Waals surface area contributed by atoms with E-state index >= 15 is 0 Å². The molecule has 108 valence electrons. The molecule has 0 spiro atoms. The molecular weight excluding hydrogens is 258 g/mol. The van der Waals surface area contributed by atoms with Gasteiger partial charge in [0.05, 0.1) is 7.11 Å². The Morgan fingerprint density at radius 2 is 1.75 bits per heavy atom. The monoisotopic (exact) mass is 277 g/mol. The molecule has 1 aliphatic rings. The Hall–Kier alpha value is -2.24. The van der Waals surface area contributed by atoms with Crippen LogP contribution in [0.2, 0.25) is 0 Å². The molecule has 2 rings (SSSR count). The van der Waals surface area contributed by atoms with Crippen molar-refractivity contribution in [3.8, 4) is 5.75 Å². The zero-order valence-corrected chi connectivity index (χ0v) is 11.8. The van der Waals surface area contributed by atoms with E-state index in [0.29, 0.717) is 43.2 Å². The number of nitrogens with zero attached hydrogens (tertiary/aromatic N) is 2. The predicted octanol–water partition coefficient (Wildman–Crippen LogP) is 0.582. The first-order chi connectivity index (χ1) is 9.54. The molecule has 1 heterocycles. The zero-order valence-electron chi connectivity index (χ0n) is 11.8. The number of anilines is 1. The summed E-state index contributed by atoms with van der Waals surface area (Å²) < 4.78 is 5.21. The Kier molecular flexibility index (Phi) is 4.12. The summed E-state index contributed by atoms with van der Waals surface area (Å²) in [5.74, 6) is 0.362. The molecule has 6 nitrogen and oxygen atoms in total. The van der Waals surface area contributed by atoms with Crippen molar-refractivity contribution in [2.75, 3.05) is 39.0 Å². The molecular formula is C14H19N3O3. The van der Waals surface area contributed by atoms with Crippen LogP contribution in [0.4, 0.5) is 5.69 Å². The van der Waals surface area contributed by atoms with Gasteiger partial charge in [-0.25, -0.2) is 0 Å². The molecule has 1 aromatic carbocycles. The summed E-state index contributed by atoms with van der Waals surface area (Å²) in [4.78, 5) is 27.3. The molecule has 6 heteroatoms. The van der Waals surface area contributed by atoms with Gasteiger partial charge in [0, 0.05) is 38.8 Å². The smallest absolute Gasteiger partial charge is 0.259 e. The first-order valence-corrected chi connectivity index (χ1v) is 6.52. The zero-order chi connectivity index (χ0) is 14.7. The highest BCUT2D eigenvalue weighted by Gasteiger charge is 2.26. The number of amides is 2. The number of piperazine rings is 1. The van der Waals surface area contributed by atoms with Crippen LogP contribution in [0.15, 0.2) is 18.2 Å². The third-order valence-electron chi connectivity index (χ3n) is 3.50. The molecule has 1 saturated heterocycles. The van der Waals surface area contributed by atoms with Gasteiger partial charge >= 0.3 is 0 Å². The summed E-state index contributed by atoms with van der Waals surface area (Å²) in [6.07, 6.45) is 0. The second kappa shape index (κ2) is 5.81. The Balaban J connectivity index is 2.15. The van der Waals surface area contributed by atoms with Crippen molar-refractivity contribution in [1.82, 2.24) is 9.80 Å². The molecule has 2 N–H and O–H groups in total. The summed E-state index contributed by atoms with van der Waals surface area (Å²) in [6, 6.07) is 5.15. The second-order valence-corrected chi connectivity index (χ2v) is 4.72. The number of rotatable bonds is 2. The molecule has 2 amide bonds. The maximum absolute atomic E-state index is 12.5. The molecule has 0 aromatic heterocycles. The normalized spacial score (nSPS) is 15.1. The summed E-state index contributed by atoms with van der Waals surface area (Å²) in [5, 5.41) is 0. The van der Waals surface area contributed by atoms with Gasteiger partial charge in [-0.2, -0.15) is 0 Å². The highest BCUT2D eigenvalue weighted by Crippen LogP contribution is 2.26. The summed E-state index contributed by atoms with van der Waals surface area (Å²) in [7, 11) is 1.51. The third kappa shape index (κ3) is 2.68. The van der Waals surface area contributed by atoms with Gasteiger partial charge in [0.15, 0.2) is 0 Å². The molecule has 20 heavy (non-hydrogen) atoms. The lowest BCUT2D eigenvalue weighted by Crippen LogP contribution is -2.50. The number of benzene rings is 1. The molecule has 0 atom stereocenters. The Bertz CT molecular complexity index is 522. The lowest BCUT2D eigenvalue weighted by atomic mass is 10.1. The quantitative estimate of drug-likeness (QED) is 0.802. The summed E-state index contributed by atoms with van der Waals surface area (Å²) in [5.41, 5.74) is 6.69. The highest BCUT2D eigenvalue weighted by atomic mass is 16.5. The van der Waals surface area contributed by atoms with E-state index in [9.17, 15) is 9.59 Å². The number of nitrogen functional groups attached to an aromatic ring is 1. The standard InChI is InChI=1S/C14H19N3O3/c1-10(18)16-6-8-17(9-7-16)14(19)13-11(15)4-3-5-12(13)20-2/h3-5H,6-9,15H2,1-2H3. The van der Waals surface area contributed by atoms with Crippen LogP contribution in [-0.4, -0.2) is 54.9 Å². The molecule has 0 radical (unpaired) electrons. The molecule has 0 unspecified atom stereocenters. The number of hydrogen-bond donors (Lipinski definition) is 1. The van der Waals surface area contributed by atoms with Crippen molar-refractivity contribution >= 4 is 17.5 Å². The van der Waals surface area contributed by atoms with Crippen LogP contribution in [0.3, 0.4) is 0 Å². The third-order valence-corrected chi connectivity index (χ3v) is 3.50. The van der Waals surface area contributed by atoms with E-state index in [0.717, 1.165) is 0 Å². The number of methoxy groups -OCH3 is 1. The van der Waals surface area contributed by atoms with Gasteiger partial charge in [-0.05, 0) is 12.1 Å². The SMILES string of the molecule is COc1cccc(N)c1C(=O)N1CCN(C(C)=O)CC1. The Morgan fingerprint density at radius 3 is 2.30 bits per heavy atom. The second-order valence-electron chi connectivity index (χ2n) is 4.72. The maximum atomic E-state index is 12.5. The lowest BCUT2D eigenvalue weighted by Gasteiger charge is -2.34. The number of ether oxygens (including phenoxy) is 1. The number of hydrogen-bond acceptors (Lipinski definition) is 4. The van der Waals surface area contributed by atoms with E-state index in [4.69, 9.17) is 10.5 Å². The van der Waals surface area contributed by atoms with Crippen LogP contribution in [-0.2, 0) is 4.79 Å². The van der Waals surface area contributed by atoms with Crippen molar-refractivity contribution in [3.05, 3.63) is 23.8 Å². The average Bonchev–Trinajstić information content (AvgIpc) is 2.46. The maximum Gasteiger partial charge on any atom is 0.259 e. The van der Waals surface area contributed by atoms with Gasteiger partial charge in [-0.1, -0.05) is 6.07 Å².